The van der Waals surface area contributed by atoms with Gasteiger partial charge in [-0.1, -0.05) is 23.8 Å². The molecule has 1 aromatic heterocycles. The van der Waals surface area contributed by atoms with Crippen molar-refractivity contribution in [1.82, 2.24) is 20.2 Å². The number of piperidine rings is 1. The number of anilines is 1. The lowest BCUT2D eigenvalue weighted by Crippen LogP contribution is -2.46. The first-order valence-electron chi connectivity index (χ1n) is 11.0. The summed E-state index contributed by atoms with van der Waals surface area (Å²) in [5.74, 6) is -1.66. The fraction of sp³-hybridized carbons (Fsp3) is 0.240. The van der Waals surface area contributed by atoms with E-state index in [0.29, 0.717) is 31.5 Å². The van der Waals surface area contributed by atoms with Crippen LogP contribution in [0.1, 0.15) is 49.6 Å². The summed E-state index contributed by atoms with van der Waals surface area (Å²) in [7, 11) is 0. The van der Waals surface area contributed by atoms with Gasteiger partial charge in [0.1, 0.15) is 5.82 Å². The van der Waals surface area contributed by atoms with E-state index in [0.717, 1.165) is 11.6 Å². The first-order valence-corrected chi connectivity index (χ1v) is 11.0. The summed E-state index contributed by atoms with van der Waals surface area (Å²) >= 11 is 0. The number of benzene rings is 2. The second kappa shape index (κ2) is 10.2. The van der Waals surface area contributed by atoms with Crippen LogP contribution in [0.4, 0.5) is 10.2 Å². The molecule has 1 aliphatic rings. The Kier molecular flexibility index (Phi) is 6.91. The normalized spacial score (nSPS) is 13.9. The van der Waals surface area contributed by atoms with E-state index >= 15 is 0 Å². The van der Waals surface area contributed by atoms with E-state index in [1.807, 2.05) is 31.2 Å². The molecule has 0 spiro atoms. The van der Waals surface area contributed by atoms with Crippen molar-refractivity contribution in [3.05, 3.63) is 89.1 Å². The van der Waals surface area contributed by atoms with E-state index in [2.05, 4.69) is 20.6 Å². The minimum Gasteiger partial charge on any atom is -0.348 e. The summed E-state index contributed by atoms with van der Waals surface area (Å²) in [4.78, 5) is 47.9. The van der Waals surface area contributed by atoms with Crippen LogP contribution in [0.15, 0.2) is 60.9 Å². The van der Waals surface area contributed by atoms with Crippen molar-refractivity contribution < 1.29 is 18.8 Å². The summed E-state index contributed by atoms with van der Waals surface area (Å²) in [5.41, 5.74) is 1.80. The maximum Gasteiger partial charge on any atom is 0.273 e. The molecule has 9 heteroatoms. The van der Waals surface area contributed by atoms with E-state index in [1.165, 1.54) is 30.6 Å². The highest BCUT2D eigenvalue weighted by Crippen LogP contribution is 2.17. The molecule has 174 valence electrons. The largest absolute Gasteiger partial charge is 0.348 e. The molecule has 0 saturated carbocycles. The van der Waals surface area contributed by atoms with Gasteiger partial charge in [-0.3, -0.25) is 14.4 Å². The molecule has 2 N–H and O–H groups in total. The number of hydrogen-bond acceptors (Lipinski definition) is 5. The number of nitrogens with one attached hydrogen (secondary N) is 2. The van der Waals surface area contributed by atoms with Crippen molar-refractivity contribution in [3.8, 4) is 0 Å². The fourth-order valence-electron chi connectivity index (χ4n) is 3.76. The Morgan fingerprint density at radius 2 is 1.65 bits per heavy atom. The van der Waals surface area contributed by atoms with Gasteiger partial charge in [-0.05, 0) is 50.1 Å². The molecule has 3 aromatic rings. The number of nitrogens with zero attached hydrogens (tertiary/aromatic N) is 3. The van der Waals surface area contributed by atoms with Gasteiger partial charge in [-0.15, -0.1) is 0 Å². The van der Waals surface area contributed by atoms with E-state index in [-0.39, 0.29) is 29.0 Å². The van der Waals surface area contributed by atoms with Gasteiger partial charge in [0, 0.05) is 42.7 Å². The molecule has 0 bridgehead atoms. The molecule has 0 aliphatic carbocycles. The number of aryl methyl sites for hydroxylation is 1. The number of likely N-dealkylation sites (tertiary alicyclic amines) is 1. The molecule has 1 saturated heterocycles. The fourth-order valence-corrected chi connectivity index (χ4v) is 3.76. The van der Waals surface area contributed by atoms with E-state index in [9.17, 15) is 18.8 Å². The highest BCUT2D eigenvalue weighted by atomic mass is 19.1. The molecule has 1 aliphatic heterocycles. The van der Waals surface area contributed by atoms with Gasteiger partial charge in [0.2, 0.25) is 0 Å². The third kappa shape index (κ3) is 5.43. The first kappa shape index (κ1) is 23.0. The lowest BCUT2D eigenvalue weighted by Gasteiger charge is -2.32. The smallest absolute Gasteiger partial charge is 0.273 e. The van der Waals surface area contributed by atoms with Crippen LogP contribution in [0.2, 0.25) is 0 Å². The van der Waals surface area contributed by atoms with Gasteiger partial charge < -0.3 is 15.5 Å². The Morgan fingerprint density at radius 1 is 0.941 bits per heavy atom. The topological polar surface area (TPSA) is 104 Å². The van der Waals surface area contributed by atoms with Gasteiger partial charge in [-0.2, -0.15) is 0 Å². The van der Waals surface area contributed by atoms with Crippen LogP contribution in [0.5, 0.6) is 0 Å². The zero-order valence-electron chi connectivity index (χ0n) is 18.6. The molecule has 34 heavy (non-hydrogen) atoms. The van der Waals surface area contributed by atoms with Gasteiger partial charge in [0.05, 0.1) is 0 Å². The summed E-state index contributed by atoms with van der Waals surface area (Å²) in [6.45, 7) is 3.00. The van der Waals surface area contributed by atoms with Gasteiger partial charge in [-0.25, -0.2) is 14.4 Å². The van der Waals surface area contributed by atoms with Crippen LogP contribution >= 0.6 is 0 Å². The number of carbonyl (C=O) groups excluding carboxylic acids is 3. The van der Waals surface area contributed by atoms with Crippen molar-refractivity contribution in [1.29, 1.82) is 0 Å². The van der Waals surface area contributed by atoms with Crippen LogP contribution in [0.25, 0.3) is 0 Å². The summed E-state index contributed by atoms with van der Waals surface area (Å²) in [5, 5.41) is 5.44. The lowest BCUT2D eigenvalue weighted by molar-refractivity contribution is 0.0697. The number of rotatable bonds is 5. The molecular formula is C25H24FN5O3. The summed E-state index contributed by atoms with van der Waals surface area (Å²) < 4.78 is 13.4. The third-order valence-electron chi connectivity index (χ3n) is 5.65. The monoisotopic (exact) mass is 461 g/mol. The number of hydrogen-bond donors (Lipinski definition) is 2. The SMILES string of the molecule is Cc1ccc(C(=O)N2CCC(NC(=O)c3nccnc3NC(=O)c3cccc(F)c3)CC2)cc1. The van der Waals surface area contributed by atoms with E-state index < -0.39 is 17.6 Å². The summed E-state index contributed by atoms with van der Waals surface area (Å²) in [6, 6.07) is 12.5. The number of aromatic nitrogens is 2. The predicted octanol–water partition coefficient (Wildman–Crippen LogP) is 3.21. The Labute approximate surface area is 196 Å². The Balaban J connectivity index is 1.36. The molecule has 0 unspecified atom stereocenters. The second-order valence-corrected chi connectivity index (χ2v) is 8.12. The van der Waals surface area contributed by atoms with Crippen molar-refractivity contribution in [2.45, 2.75) is 25.8 Å². The second-order valence-electron chi connectivity index (χ2n) is 8.12. The quantitative estimate of drug-likeness (QED) is 0.607. The number of halogens is 1. The molecule has 1 fully saturated rings. The Bertz CT molecular complexity index is 1210. The minimum absolute atomic E-state index is 0.0127. The van der Waals surface area contributed by atoms with E-state index in [1.54, 1.807) is 4.90 Å². The molecule has 2 heterocycles. The molecule has 3 amide bonds. The molecule has 8 nitrogen and oxygen atoms in total. The van der Waals surface area contributed by atoms with Crippen LogP contribution in [-0.4, -0.2) is 51.7 Å². The molecule has 0 radical (unpaired) electrons. The average molecular weight is 461 g/mol. The molecule has 0 atom stereocenters. The average Bonchev–Trinajstić information content (AvgIpc) is 2.85. The van der Waals surface area contributed by atoms with Crippen molar-refractivity contribution >= 4 is 23.5 Å². The third-order valence-corrected chi connectivity index (χ3v) is 5.65. The highest BCUT2D eigenvalue weighted by Gasteiger charge is 2.26. The number of carbonyl (C=O) groups is 3. The summed E-state index contributed by atoms with van der Waals surface area (Å²) in [6.07, 6.45) is 3.89. The van der Waals surface area contributed by atoms with Gasteiger partial charge in [0.15, 0.2) is 11.5 Å². The molecular weight excluding hydrogens is 437 g/mol. The molecule has 4 rings (SSSR count). The number of amides is 3. The van der Waals surface area contributed by atoms with E-state index in [4.69, 9.17) is 0 Å². The predicted molar refractivity (Wildman–Crippen MR) is 124 cm³/mol. The van der Waals surface area contributed by atoms with Gasteiger partial charge in [0.25, 0.3) is 17.7 Å². The first-order chi connectivity index (χ1) is 16.4. The Morgan fingerprint density at radius 3 is 2.35 bits per heavy atom. The van der Waals surface area contributed by atoms with Crippen molar-refractivity contribution in [2.24, 2.45) is 0 Å². The van der Waals surface area contributed by atoms with Gasteiger partial charge >= 0.3 is 0 Å². The van der Waals surface area contributed by atoms with Crippen LogP contribution in [0.3, 0.4) is 0 Å². The lowest BCUT2D eigenvalue weighted by atomic mass is 10.0. The van der Waals surface area contributed by atoms with Crippen LogP contribution in [0, 0.1) is 12.7 Å². The molecule has 2 aromatic carbocycles. The zero-order chi connectivity index (χ0) is 24.1. The Hall–Kier alpha value is -4.14. The highest BCUT2D eigenvalue weighted by molar-refractivity contribution is 6.07. The van der Waals surface area contributed by atoms with Crippen LogP contribution in [-0.2, 0) is 0 Å². The maximum atomic E-state index is 13.4. The standard InChI is InChI=1S/C25H24FN5O3/c1-16-5-7-17(8-6-16)25(34)31-13-9-20(10-14-31)29-24(33)21-22(28-12-11-27-21)30-23(32)18-3-2-4-19(26)15-18/h2-8,11-12,15,20H,9-10,13-14H2,1H3,(H,29,33)(H,28,30,32). The zero-order valence-corrected chi connectivity index (χ0v) is 18.6. The maximum absolute atomic E-state index is 13.4. The van der Waals surface area contributed by atoms with Crippen LogP contribution < -0.4 is 10.6 Å². The van der Waals surface area contributed by atoms with Crippen molar-refractivity contribution in [3.63, 3.8) is 0 Å². The van der Waals surface area contributed by atoms with Crippen molar-refractivity contribution in [2.75, 3.05) is 18.4 Å². The minimum atomic E-state index is -0.600.